The molecule has 1 heterocycles. The van der Waals surface area contributed by atoms with Crippen molar-refractivity contribution in [2.24, 2.45) is 0 Å². The van der Waals surface area contributed by atoms with Gasteiger partial charge in [-0.05, 0) is 20.8 Å². The second-order valence-electron chi connectivity index (χ2n) is 6.18. The minimum atomic E-state index is -0.441. The van der Waals surface area contributed by atoms with Crippen molar-refractivity contribution < 1.29 is 19.0 Å². The van der Waals surface area contributed by atoms with Gasteiger partial charge in [0.05, 0.1) is 19.8 Å². The standard InChI is InChI=1S/C16H28N2O4/c1-5-11-20-13-14-21-12-10-17-6-8-18(9-7-17)15(19)22-16(2,3)4/h1H,6-14H2,2-4H3. The fraction of sp³-hybridized carbons (Fsp3) is 0.812. The van der Waals surface area contributed by atoms with E-state index in [-0.39, 0.29) is 6.09 Å². The molecule has 0 aromatic heterocycles. The molecule has 1 rings (SSSR count). The molecule has 1 saturated heterocycles. The van der Waals surface area contributed by atoms with Crippen LogP contribution < -0.4 is 0 Å². The van der Waals surface area contributed by atoms with Crippen LogP contribution in [-0.2, 0) is 14.2 Å². The van der Waals surface area contributed by atoms with Crippen molar-refractivity contribution in [3.05, 3.63) is 0 Å². The number of terminal acetylenes is 1. The maximum Gasteiger partial charge on any atom is 0.410 e. The van der Waals surface area contributed by atoms with Crippen molar-refractivity contribution in [3.8, 4) is 12.3 Å². The molecule has 0 unspecified atom stereocenters. The first-order valence-electron chi connectivity index (χ1n) is 7.71. The van der Waals surface area contributed by atoms with Crippen LogP contribution in [0.5, 0.6) is 0 Å². The topological polar surface area (TPSA) is 51.2 Å². The highest BCUT2D eigenvalue weighted by Gasteiger charge is 2.25. The number of hydrogen-bond donors (Lipinski definition) is 0. The summed E-state index contributed by atoms with van der Waals surface area (Å²) in [6, 6.07) is 0. The van der Waals surface area contributed by atoms with Crippen LogP contribution in [0.15, 0.2) is 0 Å². The predicted molar refractivity (Wildman–Crippen MR) is 84.7 cm³/mol. The zero-order chi connectivity index (χ0) is 16.4. The van der Waals surface area contributed by atoms with Gasteiger partial charge in [0.2, 0.25) is 0 Å². The quantitative estimate of drug-likeness (QED) is 0.522. The van der Waals surface area contributed by atoms with Crippen molar-refractivity contribution in [1.29, 1.82) is 0 Å². The van der Waals surface area contributed by atoms with Gasteiger partial charge in [-0.1, -0.05) is 5.92 Å². The predicted octanol–water partition coefficient (Wildman–Crippen LogP) is 1.21. The summed E-state index contributed by atoms with van der Waals surface area (Å²) < 4.78 is 16.0. The third kappa shape index (κ3) is 8.23. The molecule has 0 aliphatic carbocycles. The van der Waals surface area contributed by atoms with Gasteiger partial charge in [-0.2, -0.15) is 0 Å². The summed E-state index contributed by atoms with van der Waals surface area (Å²) in [6.07, 6.45) is 4.85. The van der Waals surface area contributed by atoms with Gasteiger partial charge in [0.1, 0.15) is 12.2 Å². The molecular formula is C16H28N2O4. The number of piperazine rings is 1. The molecule has 0 atom stereocenters. The third-order valence-electron chi connectivity index (χ3n) is 3.13. The molecule has 0 aromatic carbocycles. The molecule has 1 fully saturated rings. The minimum absolute atomic E-state index is 0.228. The van der Waals surface area contributed by atoms with Crippen molar-refractivity contribution in [3.63, 3.8) is 0 Å². The van der Waals surface area contributed by atoms with Crippen molar-refractivity contribution in [1.82, 2.24) is 9.80 Å². The van der Waals surface area contributed by atoms with Gasteiger partial charge in [-0.3, -0.25) is 4.90 Å². The van der Waals surface area contributed by atoms with E-state index in [0.717, 1.165) is 19.6 Å². The Morgan fingerprint density at radius 3 is 2.32 bits per heavy atom. The molecule has 22 heavy (non-hydrogen) atoms. The van der Waals surface area contributed by atoms with Gasteiger partial charge in [-0.25, -0.2) is 4.79 Å². The molecule has 0 aromatic rings. The summed E-state index contributed by atoms with van der Waals surface area (Å²) in [6.45, 7) is 11.6. The first-order chi connectivity index (χ1) is 10.4. The summed E-state index contributed by atoms with van der Waals surface area (Å²) in [7, 11) is 0. The van der Waals surface area contributed by atoms with E-state index >= 15 is 0 Å². The van der Waals surface area contributed by atoms with Crippen LogP contribution in [0.1, 0.15) is 20.8 Å². The van der Waals surface area contributed by atoms with Gasteiger partial charge in [0.15, 0.2) is 0 Å². The number of amides is 1. The number of ether oxygens (including phenoxy) is 3. The first-order valence-corrected chi connectivity index (χ1v) is 7.71. The average molecular weight is 312 g/mol. The van der Waals surface area contributed by atoms with E-state index < -0.39 is 5.60 Å². The summed E-state index contributed by atoms with van der Waals surface area (Å²) >= 11 is 0. The van der Waals surface area contributed by atoms with E-state index in [9.17, 15) is 4.79 Å². The van der Waals surface area contributed by atoms with Crippen molar-refractivity contribution >= 4 is 6.09 Å². The second-order valence-corrected chi connectivity index (χ2v) is 6.18. The summed E-state index contributed by atoms with van der Waals surface area (Å²) in [4.78, 5) is 16.0. The maximum atomic E-state index is 11.9. The second kappa shape index (κ2) is 9.67. The molecule has 0 spiro atoms. The van der Waals surface area contributed by atoms with E-state index in [2.05, 4.69) is 10.8 Å². The zero-order valence-corrected chi connectivity index (χ0v) is 14.0. The smallest absolute Gasteiger partial charge is 0.410 e. The van der Waals surface area contributed by atoms with E-state index in [4.69, 9.17) is 20.6 Å². The molecule has 6 nitrogen and oxygen atoms in total. The highest BCUT2D eigenvalue weighted by molar-refractivity contribution is 5.68. The van der Waals surface area contributed by atoms with Crippen LogP contribution in [0.25, 0.3) is 0 Å². The molecule has 6 heteroatoms. The summed E-state index contributed by atoms with van der Waals surface area (Å²) in [5, 5.41) is 0. The highest BCUT2D eigenvalue weighted by atomic mass is 16.6. The molecule has 0 N–H and O–H groups in total. The monoisotopic (exact) mass is 312 g/mol. The highest BCUT2D eigenvalue weighted by Crippen LogP contribution is 2.11. The number of carbonyl (C=O) groups excluding carboxylic acids is 1. The van der Waals surface area contributed by atoms with Crippen LogP contribution in [0.4, 0.5) is 4.79 Å². The number of hydrogen-bond acceptors (Lipinski definition) is 5. The summed E-state index contributed by atoms with van der Waals surface area (Å²) in [5.74, 6) is 2.41. The van der Waals surface area contributed by atoms with Gasteiger partial charge in [0.25, 0.3) is 0 Å². The molecule has 126 valence electrons. The summed E-state index contributed by atoms with van der Waals surface area (Å²) in [5.41, 5.74) is -0.441. The molecule has 1 amide bonds. The lowest BCUT2D eigenvalue weighted by Crippen LogP contribution is -2.50. The Balaban J connectivity index is 2.08. The van der Waals surface area contributed by atoms with Crippen LogP contribution in [-0.4, -0.2) is 80.6 Å². The SMILES string of the molecule is C#CCOCCOCCN1CCN(C(=O)OC(C)(C)C)CC1. The number of rotatable bonds is 7. The molecule has 0 saturated carbocycles. The largest absolute Gasteiger partial charge is 0.444 e. The van der Waals surface area contributed by atoms with Crippen molar-refractivity contribution in [2.75, 3.05) is 59.2 Å². The molecule has 0 bridgehead atoms. The zero-order valence-electron chi connectivity index (χ0n) is 14.0. The van der Waals surface area contributed by atoms with Crippen LogP contribution in [0, 0.1) is 12.3 Å². The number of nitrogens with zero attached hydrogens (tertiary/aromatic N) is 2. The molecule has 1 aliphatic rings. The number of carbonyl (C=O) groups is 1. The fourth-order valence-corrected chi connectivity index (χ4v) is 2.03. The van der Waals surface area contributed by atoms with E-state index in [1.54, 1.807) is 4.90 Å². The minimum Gasteiger partial charge on any atom is -0.444 e. The Bertz CT molecular complexity index is 365. The van der Waals surface area contributed by atoms with Crippen LogP contribution in [0.3, 0.4) is 0 Å². The Kier molecular flexibility index (Phi) is 8.25. The lowest BCUT2D eigenvalue weighted by atomic mass is 10.2. The van der Waals surface area contributed by atoms with Crippen molar-refractivity contribution in [2.45, 2.75) is 26.4 Å². The van der Waals surface area contributed by atoms with Gasteiger partial charge in [0, 0.05) is 32.7 Å². The van der Waals surface area contributed by atoms with E-state index in [0.29, 0.717) is 39.5 Å². The third-order valence-corrected chi connectivity index (χ3v) is 3.13. The Labute approximate surface area is 133 Å². The van der Waals surface area contributed by atoms with Gasteiger partial charge >= 0.3 is 6.09 Å². The lowest BCUT2D eigenvalue weighted by Gasteiger charge is -2.35. The fourth-order valence-electron chi connectivity index (χ4n) is 2.03. The van der Waals surface area contributed by atoms with E-state index in [1.807, 2.05) is 20.8 Å². The lowest BCUT2D eigenvalue weighted by molar-refractivity contribution is 0.00915. The molecule has 0 radical (unpaired) electrons. The molecular weight excluding hydrogens is 284 g/mol. The Morgan fingerprint density at radius 2 is 1.73 bits per heavy atom. The van der Waals surface area contributed by atoms with Gasteiger partial charge < -0.3 is 19.1 Å². The Morgan fingerprint density at radius 1 is 1.09 bits per heavy atom. The Hall–Kier alpha value is -1.29. The normalized spacial score (nSPS) is 16.4. The first kappa shape index (κ1) is 18.8. The van der Waals surface area contributed by atoms with Crippen LogP contribution >= 0.6 is 0 Å². The maximum absolute atomic E-state index is 11.9. The molecule has 1 aliphatic heterocycles. The van der Waals surface area contributed by atoms with Gasteiger partial charge in [-0.15, -0.1) is 6.42 Å². The van der Waals surface area contributed by atoms with E-state index in [1.165, 1.54) is 0 Å². The average Bonchev–Trinajstić information content (AvgIpc) is 2.45. The van der Waals surface area contributed by atoms with Crippen LogP contribution in [0.2, 0.25) is 0 Å².